The fourth-order valence-corrected chi connectivity index (χ4v) is 1.84. The lowest BCUT2D eigenvalue weighted by Crippen LogP contribution is -2.43. The molecule has 0 aromatic rings. The van der Waals surface area contributed by atoms with Crippen LogP contribution in [0.25, 0.3) is 0 Å². The minimum absolute atomic E-state index is 0.0527. The molecule has 0 aliphatic carbocycles. The molecule has 0 radical (unpaired) electrons. The molecule has 9 heteroatoms. The molecule has 0 aromatic carbocycles. The van der Waals surface area contributed by atoms with Gasteiger partial charge < -0.3 is 4.55 Å². The van der Waals surface area contributed by atoms with E-state index in [1.807, 2.05) is 0 Å². The molecule has 0 aliphatic rings. The van der Waals surface area contributed by atoms with Crippen LogP contribution in [0.4, 0.5) is 3.89 Å². The second kappa shape index (κ2) is 4.23. The molecule has 0 heterocycles. The van der Waals surface area contributed by atoms with E-state index in [0.717, 1.165) is 7.05 Å². The van der Waals surface area contributed by atoms with E-state index in [-0.39, 0.29) is 10.4 Å². The molecule has 1 atom stereocenters. The summed E-state index contributed by atoms with van der Waals surface area (Å²) >= 11 is -3.16. The van der Waals surface area contributed by atoms with Gasteiger partial charge in [0.15, 0.2) is 0 Å². The lowest BCUT2D eigenvalue weighted by Gasteiger charge is -2.26. The van der Waals surface area contributed by atoms with Crippen molar-refractivity contribution in [1.82, 2.24) is 8.83 Å². The molecule has 0 spiro atoms. The minimum atomic E-state index is -5.23. The maximum atomic E-state index is 12.2. The van der Waals surface area contributed by atoms with Crippen LogP contribution in [0.3, 0.4) is 0 Å². The van der Waals surface area contributed by atoms with Gasteiger partial charge >= 0.3 is 10.4 Å². The fourth-order valence-electron chi connectivity index (χ4n) is 0.468. The normalized spacial score (nSPS) is 15.5. The van der Waals surface area contributed by atoms with E-state index < -0.39 is 21.7 Å². The van der Waals surface area contributed by atoms with Gasteiger partial charge in [0, 0.05) is 13.6 Å². The average molecular weight is 219 g/mol. The van der Waals surface area contributed by atoms with E-state index >= 15 is 0 Å². The van der Waals surface area contributed by atoms with Gasteiger partial charge in [-0.05, 0) is 3.82 Å². The van der Waals surface area contributed by atoms with Crippen molar-refractivity contribution >= 4 is 21.7 Å². The van der Waals surface area contributed by atoms with Crippen LogP contribution in [0.1, 0.15) is 6.92 Å². The topological polar surface area (TPSA) is 80.8 Å². The molecule has 6 nitrogen and oxygen atoms in total. The van der Waals surface area contributed by atoms with Crippen LogP contribution < -0.4 is 0 Å². The zero-order valence-corrected chi connectivity index (χ0v) is 8.06. The van der Waals surface area contributed by atoms with Crippen LogP contribution in [0.15, 0.2) is 0 Å². The van der Waals surface area contributed by atoms with Crippen molar-refractivity contribution in [3.05, 3.63) is 0 Å². The molecular weight excluding hydrogens is 211 g/mol. The summed E-state index contributed by atoms with van der Waals surface area (Å²) < 4.78 is 52.7. The Kier molecular flexibility index (Phi) is 4.20. The van der Waals surface area contributed by atoms with Crippen molar-refractivity contribution in [3.8, 4) is 0 Å². The highest BCUT2D eigenvalue weighted by Crippen LogP contribution is 2.07. The van der Waals surface area contributed by atoms with E-state index in [4.69, 9.17) is 0 Å². The molecule has 0 aliphatic heterocycles. The summed E-state index contributed by atoms with van der Waals surface area (Å²) in [6, 6.07) is 0. The standard InChI is InChI=1S/C3H9FN2O4S2/c1-3-5(2)6(11(7)8)12(4,9)10/h3H2,1-2H3,(H,7,8)/p-1. The first-order valence-electron chi connectivity index (χ1n) is 2.86. The maximum Gasteiger partial charge on any atom is 0.399 e. The molecule has 0 fully saturated rings. The van der Waals surface area contributed by atoms with Crippen molar-refractivity contribution in [2.45, 2.75) is 6.92 Å². The lowest BCUT2D eigenvalue weighted by molar-refractivity contribution is 0.175. The Labute approximate surface area is 72.7 Å². The first-order chi connectivity index (χ1) is 5.30. The van der Waals surface area contributed by atoms with Crippen LogP contribution >= 0.6 is 0 Å². The monoisotopic (exact) mass is 219 g/mol. The second-order valence-corrected chi connectivity index (χ2v) is 4.02. The van der Waals surface area contributed by atoms with Crippen molar-refractivity contribution in [1.29, 1.82) is 0 Å². The van der Waals surface area contributed by atoms with E-state index in [1.54, 1.807) is 0 Å². The van der Waals surface area contributed by atoms with Crippen LogP contribution in [-0.2, 0) is 21.7 Å². The predicted molar refractivity (Wildman–Crippen MR) is 39.1 cm³/mol. The van der Waals surface area contributed by atoms with Gasteiger partial charge in [-0.25, -0.2) is 5.01 Å². The number of hydrogen-bond donors (Lipinski definition) is 0. The van der Waals surface area contributed by atoms with Crippen molar-refractivity contribution < 1.29 is 21.1 Å². The van der Waals surface area contributed by atoms with Gasteiger partial charge in [0.05, 0.1) is 11.3 Å². The number of hydrogen-bond acceptors (Lipinski definition) is 5. The zero-order chi connectivity index (χ0) is 9.94. The first-order valence-corrected chi connectivity index (χ1v) is 5.23. The fraction of sp³-hybridized carbons (Fsp3) is 1.00. The van der Waals surface area contributed by atoms with Crippen LogP contribution in [0.5, 0.6) is 0 Å². The molecule has 0 saturated heterocycles. The third-order valence-corrected chi connectivity index (χ3v) is 3.14. The summed E-state index contributed by atoms with van der Waals surface area (Å²) in [6.45, 7) is 1.53. The van der Waals surface area contributed by atoms with Crippen LogP contribution in [0.2, 0.25) is 0 Å². The van der Waals surface area contributed by atoms with E-state index in [9.17, 15) is 21.1 Å². The van der Waals surface area contributed by atoms with Gasteiger partial charge in [-0.3, -0.25) is 4.21 Å². The Balaban J connectivity index is 4.81. The third kappa shape index (κ3) is 3.11. The Bertz CT molecular complexity index is 265. The molecular formula is C3H8FN2O4S2-. The molecule has 0 amide bonds. The quantitative estimate of drug-likeness (QED) is 0.350. The predicted octanol–water partition coefficient (Wildman–Crippen LogP) is -0.837. The number of rotatable bonds is 4. The van der Waals surface area contributed by atoms with E-state index in [0.29, 0.717) is 5.01 Å². The summed E-state index contributed by atoms with van der Waals surface area (Å²) in [5, 5.41) is 0.707. The molecule has 74 valence electrons. The molecule has 0 aromatic heterocycles. The van der Waals surface area contributed by atoms with Gasteiger partial charge in [-0.15, -0.1) is 0 Å². The highest BCUT2D eigenvalue weighted by Gasteiger charge is 2.25. The first kappa shape index (κ1) is 11.9. The lowest BCUT2D eigenvalue weighted by atomic mass is 10.8. The molecule has 0 saturated carbocycles. The van der Waals surface area contributed by atoms with Crippen molar-refractivity contribution in [3.63, 3.8) is 0 Å². The highest BCUT2D eigenvalue weighted by molar-refractivity contribution is 7.96. The number of hydrazine groups is 1. The second-order valence-electron chi connectivity index (χ2n) is 1.84. The van der Waals surface area contributed by atoms with Gasteiger partial charge in [0.1, 0.15) is 0 Å². The summed E-state index contributed by atoms with van der Waals surface area (Å²) in [5.74, 6) is 0. The number of nitrogens with zero attached hydrogens (tertiary/aromatic N) is 2. The summed E-state index contributed by atoms with van der Waals surface area (Å²) in [4.78, 5) is 0. The Morgan fingerprint density at radius 3 is 2.08 bits per heavy atom. The van der Waals surface area contributed by atoms with Crippen LogP contribution in [0, 0.1) is 0 Å². The average Bonchev–Trinajstić information content (AvgIpc) is 1.83. The molecule has 0 rings (SSSR count). The Hall–Kier alpha value is -0.0900. The molecule has 0 bridgehead atoms. The SMILES string of the molecule is CCN(C)N(S(=O)[O-])S(=O)(=O)F. The summed E-state index contributed by atoms with van der Waals surface area (Å²) in [6.07, 6.45) is 0. The zero-order valence-electron chi connectivity index (χ0n) is 6.43. The van der Waals surface area contributed by atoms with Crippen molar-refractivity contribution in [2.24, 2.45) is 0 Å². The van der Waals surface area contributed by atoms with Gasteiger partial charge in [0.2, 0.25) is 0 Å². The summed E-state index contributed by atoms with van der Waals surface area (Å²) in [5.41, 5.74) is 0. The van der Waals surface area contributed by atoms with Gasteiger partial charge in [-0.2, -0.15) is 8.42 Å². The Morgan fingerprint density at radius 1 is 1.58 bits per heavy atom. The molecule has 1 unspecified atom stereocenters. The minimum Gasteiger partial charge on any atom is -0.758 e. The van der Waals surface area contributed by atoms with Crippen molar-refractivity contribution in [2.75, 3.05) is 13.6 Å². The van der Waals surface area contributed by atoms with Crippen LogP contribution in [-0.4, -0.2) is 39.6 Å². The Morgan fingerprint density at radius 2 is 2.00 bits per heavy atom. The smallest absolute Gasteiger partial charge is 0.399 e. The van der Waals surface area contributed by atoms with Gasteiger partial charge in [-0.1, -0.05) is 10.8 Å². The largest absolute Gasteiger partial charge is 0.758 e. The van der Waals surface area contributed by atoms with E-state index in [1.165, 1.54) is 6.92 Å². The highest BCUT2D eigenvalue weighted by atomic mass is 32.3. The molecule has 12 heavy (non-hydrogen) atoms. The summed E-state index contributed by atoms with van der Waals surface area (Å²) in [7, 11) is -4.10. The van der Waals surface area contributed by atoms with E-state index in [2.05, 4.69) is 0 Å². The third-order valence-electron chi connectivity index (χ3n) is 1.05. The van der Waals surface area contributed by atoms with Gasteiger partial charge in [0.25, 0.3) is 0 Å². The maximum absolute atomic E-state index is 12.2. The molecule has 0 N–H and O–H groups in total. The number of halogens is 1.